The fourth-order valence-electron chi connectivity index (χ4n) is 2.95. The van der Waals surface area contributed by atoms with Crippen LogP contribution in [0.15, 0.2) is 30.6 Å². The van der Waals surface area contributed by atoms with Crippen molar-refractivity contribution < 1.29 is 24.1 Å². The van der Waals surface area contributed by atoms with Crippen molar-refractivity contribution in [2.24, 2.45) is 5.92 Å². The van der Waals surface area contributed by atoms with E-state index >= 15 is 0 Å². The van der Waals surface area contributed by atoms with Gasteiger partial charge in [-0.15, -0.1) is 0 Å². The summed E-state index contributed by atoms with van der Waals surface area (Å²) in [4.78, 5) is 25.5. The van der Waals surface area contributed by atoms with Gasteiger partial charge in [-0.3, -0.25) is 4.79 Å². The maximum atomic E-state index is 11.1. The molecular weight excluding hydrogens is 364 g/mol. The zero-order chi connectivity index (χ0) is 19.8. The Labute approximate surface area is 163 Å². The number of carboxylic acid groups (broad SMARTS) is 1. The Kier molecular flexibility index (Phi) is 6.83. The van der Waals surface area contributed by atoms with E-state index in [9.17, 15) is 4.79 Å². The van der Waals surface area contributed by atoms with Crippen LogP contribution in [0.2, 0.25) is 0 Å². The molecule has 1 aromatic heterocycles. The highest BCUT2D eigenvalue weighted by atomic mass is 16.5. The first-order valence-corrected chi connectivity index (χ1v) is 9.31. The van der Waals surface area contributed by atoms with E-state index in [-0.39, 0.29) is 18.5 Å². The van der Waals surface area contributed by atoms with Crippen molar-refractivity contribution in [1.29, 1.82) is 0 Å². The van der Waals surface area contributed by atoms with Gasteiger partial charge in [-0.25, -0.2) is 4.98 Å². The van der Waals surface area contributed by atoms with E-state index in [1.54, 1.807) is 0 Å². The zero-order valence-electron chi connectivity index (χ0n) is 15.8. The Morgan fingerprint density at radius 1 is 1.11 bits per heavy atom. The fraction of sp³-hybridized carbons (Fsp3) is 0.474. The van der Waals surface area contributed by atoms with E-state index in [1.165, 1.54) is 6.33 Å². The number of para-hydroxylation sites is 2. The van der Waals surface area contributed by atoms with Crippen molar-refractivity contribution in [3.63, 3.8) is 0 Å². The van der Waals surface area contributed by atoms with Gasteiger partial charge < -0.3 is 24.2 Å². The molecule has 28 heavy (non-hydrogen) atoms. The molecule has 1 aromatic carbocycles. The molecule has 0 radical (unpaired) electrons. The SMILES string of the molecule is CCOc1ccccc1OCCOc1ncnc(N2CCC(C(=O)O)CC2)n1. The predicted octanol–water partition coefficient (Wildman–Crippen LogP) is 2.03. The van der Waals surface area contributed by atoms with Crippen molar-refractivity contribution >= 4 is 11.9 Å². The average Bonchev–Trinajstić information content (AvgIpc) is 2.73. The van der Waals surface area contributed by atoms with Crippen molar-refractivity contribution in [2.45, 2.75) is 19.8 Å². The number of nitrogens with zero attached hydrogens (tertiary/aromatic N) is 4. The lowest BCUT2D eigenvalue weighted by Gasteiger charge is -2.29. The minimum absolute atomic E-state index is 0.215. The van der Waals surface area contributed by atoms with Crippen LogP contribution in [0.5, 0.6) is 17.5 Å². The van der Waals surface area contributed by atoms with Crippen molar-refractivity contribution in [3.05, 3.63) is 30.6 Å². The molecule has 0 bridgehead atoms. The van der Waals surface area contributed by atoms with E-state index in [4.69, 9.17) is 19.3 Å². The van der Waals surface area contributed by atoms with Crippen molar-refractivity contribution in [1.82, 2.24) is 15.0 Å². The first-order valence-electron chi connectivity index (χ1n) is 9.31. The van der Waals surface area contributed by atoms with Crippen LogP contribution in [0.25, 0.3) is 0 Å². The summed E-state index contributed by atoms with van der Waals surface area (Å²) in [6.07, 6.45) is 2.54. The smallest absolute Gasteiger partial charge is 0.321 e. The van der Waals surface area contributed by atoms with E-state index in [0.717, 1.165) is 0 Å². The van der Waals surface area contributed by atoms with Gasteiger partial charge in [0.25, 0.3) is 0 Å². The summed E-state index contributed by atoms with van der Waals surface area (Å²) in [5.74, 6) is 0.801. The number of aromatic nitrogens is 3. The largest absolute Gasteiger partial charge is 0.490 e. The lowest BCUT2D eigenvalue weighted by molar-refractivity contribution is -0.142. The third-order valence-corrected chi connectivity index (χ3v) is 4.39. The fourth-order valence-corrected chi connectivity index (χ4v) is 2.95. The molecule has 0 unspecified atom stereocenters. The Hall–Kier alpha value is -3.10. The molecule has 1 N–H and O–H groups in total. The molecule has 0 atom stereocenters. The molecule has 1 aliphatic heterocycles. The third-order valence-electron chi connectivity index (χ3n) is 4.39. The molecule has 3 rings (SSSR count). The number of rotatable bonds is 9. The molecule has 0 aliphatic carbocycles. The summed E-state index contributed by atoms with van der Waals surface area (Å²) in [5, 5.41) is 9.09. The van der Waals surface area contributed by atoms with E-state index < -0.39 is 5.97 Å². The summed E-state index contributed by atoms with van der Waals surface area (Å²) in [7, 11) is 0. The summed E-state index contributed by atoms with van der Waals surface area (Å²) in [5.41, 5.74) is 0. The Balaban J connectivity index is 1.48. The van der Waals surface area contributed by atoms with Gasteiger partial charge in [0.15, 0.2) is 11.5 Å². The normalized spacial score (nSPS) is 14.5. The van der Waals surface area contributed by atoms with Crippen LogP contribution in [-0.2, 0) is 4.79 Å². The molecule has 1 fully saturated rings. The van der Waals surface area contributed by atoms with Gasteiger partial charge in [-0.05, 0) is 31.9 Å². The number of anilines is 1. The summed E-state index contributed by atoms with van der Waals surface area (Å²) >= 11 is 0. The number of carbonyl (C=O) groups is 1. The second-order valence-electron chi connectivity index (χ2n) is 6.24. The Morgan fingerprint density at radius 3 is 2.46 bits per heavy atom. The molecule has 1 saturated heterocycles. The predicted molar refractivity (Wildman–Crippen MR) is 101 cm³/mol. The number of piperidine rings is 1. The quantitative estimate of drug-likeness (QED) is 0.646. The standard InChI is InChI=1S/C19H24N4O5/c1-2-26-15-5-3-4-6-16(15)27-11-12-28-19-21-13-20-18(22-19)23-9-7-14(8-10-23)17(24)25/h3-6,13-14H,2,7-12H2,1H3,(H,24,25). The number of ether oxygens (including phenoxy) is 3. The van der Waals surface area contributed by atoms with Gasteiger partial charge in [-0.1, -0.05) is 12.1 Å². The topological polar surface area (TPSA) is 107 Å². The first kappa shape index (κ1) is 19.7. The van der Waals surface area contributed by atoms with Gasteiger partial charge >= 0.3 is 12.0 Å². The molecule has 9 heteroatoms. The van der Waals surface area contributed by atoms with E-state index in [2.05, 4.69) is 15.0 Å². The monoisotopic (exact) mass is 388 g/mol. The molecule has 9 nitrogen and oxygen atoms in total. The number of hydrogen-bond donors (Lipinski definition) is 1. The number of carboxylic acids is 1. The van der Waals surface area contributed by atoms with Crippen LogP contribution >= 0.6 is 0 Å². The van der Waals surface area contributed by atoms with Gasteiger partial charge in [-0.2, -0.15) is 9.97 Å². The van der Waals surface area contributed by atoms with Crippen LogP contribution in [0.4, 0.5) is 5.95 Å². The molecule has 2 aromatic rings. The number of aliphatic carboxylic acids is 1. The van der Waals surface area contributed by atoms with Crippen LogP contribution in [0, 0.1) is 5.92 Å². The van der Waals surface area contributed by atoms with Gasteiger partial charge in [0.1, 0.15) is 19.5 Å². The highest BCUT2D eigenvalue weighted by molar-refractivity contribution is 5.70. The summed E-state index contributed by atoms with van der Waals surface area (Å²) in [6, 6.07) is 7.68. The molecule has 2 heterocycles. The molecule has 0 amide bonds. The Bertz CT molecular complexity index is 780. The maximum Gasteiger partial charge on any atom is 0.321 e. The average molecular weight is 388 g/mol. The first-order chi connectivity index (χ1) is 13.7. The van der Waals surface area contributed by atoms with E-state index in [1.807, 2.05) is 36.1 Å². The molecule has 150 valence electrons. The lowest BCUT2D eigenvalue weighted by Crippen LogP contribution is -2.37. The molecule has 1 aliphatic rings. The highest BCUT2D eigenvalue weighted by Gasteiger charge is 2.25. The summed E-state index contributed by atoms with van der Waals surface area (Å²) < 4.78 is 16.8. The molecular formula is C19H24N4O5. The van der Waals surface area contributed by atoms with Gasteiger partial charge in [0, 0.05) is 13.1 Å². The maximum absolute atomic E-state index is 11.1. The second-order valence-corrected chi connectivity index (χ2v) is 6.24. The minimum Gasteiger partial charge on any atom is -0.490 e. The van der Waals surface area contributed by atoms with Crippen molar-refractivity contribution in [2.75, 3.05) is 37.8 Å². The molecule has 0 saturated carbocycles. The van der Waals surface area contributed by atoms with Crippen LogP contribution in [-0.4, -0.2) is 58.9 Å². The van der Waals surface area contributed by atoms with Crippen LogP contribution < -0.4 is 19.1 Å². The van der Waals surface area contributed by atoms with Crippen LogP contribution in [0.1, 0.15) is 19.8 Å². The third kappa shape index (κ3) is 5.21. The molecule has 0 spiro atoms. The summed E-state index contributed by atoms with van der Waals surface area (Å²) in [6.45, 7) is 4.26. The van der Waals surface area contributed by atoms with Crippen LogP contribution in [0.3, 0.4) is 0 Å². The zero-order valence-corrected chi connectivity index (χ0v) is 15.8. The van der Waals surface area contributed by atoms with Gasteiger partial charge in [0.05, 0.1) is 12.5 Å². The number of hydrogen-bond acceptors (Lipinski definition) is 8. The number of benzene rings is 1. The second kappa shape index (κ2) is 9.72. The lowest BCUT2D eigenvalue weighted by atomic mass is 9.97. The van der Waals surface area contributed by atoms with Gasteiger partial charge in [0.2, 0.25) is 5.95 Å². The minimum atomic E-state index is -0.745. The Morgan fingerprint density at radius 2 is 1.79 bits per heavy atom. The van der Waals surface area contributed by atoms with E-state index in [0.29, 0.717) is 56.6 Å². The highest BCUT2D eigenvalue weighted by Crippen LogP contribution is 2.26. The van der Waals surface area contributed by atoms with Crippen molar-refractivity contribution in [3.8, 4) is 17.5 Å².